The molecule has 0 bridgehead atoms. The molecule has 0 fully saturated rings. The van der Waals surface area contributed by atoms with E-state index in [0.29, 0.717) is 25.2 Å². The summed E-state index contributed by atoms with van der Waals surface area (Å²) < 4.78 is 8.48. The maximum atomic E-state index is 12.9. The predicted molar refractivity (Wildman–Crippen MR) is 102 cm³/mol. The molecular weight excluding hydrogens is 350 g/mol. The molecule has 1 aliphatic heterocycles. The molecule has 26 heavy (non-hydrogen) atoms. The van der Waals surface area contributed by atoms with E-state index in [4.69, 9.17) is 4.74 Å². The second kappa shape index (κ2) is 7.31. The number of rotatable bonds is 4. The van der Waals surface area contributed by atoms with Gasteiger partial charge in [0, 0.05) is 11.3 Å². The van der Waals surface area contributed by atoms with E-state index in [9.17, 15) is 9.59 Å². The first-order valence-electron chi connectivity index (χ1n) is 8.82. The Balaban J connectivity index is 1.87. The largest absolute Gasteiger partial charge is 0.458 e. The van der Waals surface area contributed by atoms with Gasteiger partial charge in [-0.2, -0.15) is 5.10 Å². The standard InChI is InChI=1S/C19H25N3O3S/c1-19(2,3)25-17(23)15-6-5-7-16-20-21(18(24)22(15)16)12-13-8-10-14(26-4)11-9-13/h8-11,15H,5-7,12H2,1-4H3. The summed E-state index contributed by atoms with van der Waals surface area (Å²) in [6, 6.07) is 7.48. The van der Waals surface area contributed by atoms with Gasteiger partial charge in [-0.3, -0.25) is 4.57 Å². The SMILES string of the molecule is CSc1ccc(Cn2nc3n(c2=O)C(C(=O)OC(C)(C)C)CCC3)cc1. The molecule has 0 saturated carbocycles. The van der Waals surface area contributed by atoms with Gasteiger partial charge < -0.3 is 4.74 Å². The second-order valence-corrected chi connectivity index (χ2v) is 8.40. The van der Waals surface area contributed by atoms with Crippen LogP contribution < -0.4 is 5.69 Å². The van der Waals surface area contributed by atoms with Crippen molar-refractivity contribution in [3.63, 3.8) is 0 Å². The number of hydrogen-bond acceptors (Lipinski definition) is 5. The average Bonchev–Trinajstić information content (AvgIpc) is 2.90. The van der Waals surface area contributed by atoms with Gasteiger partial charge in [0.05, 0.1) is 6.54 Å². The van der Waals surface area contributed by atoms with Crippen molar-refractivity contribution in [2.45, 2.75) is 63.1 Å². The minimum Gasteiger partial charge on any atom is -0.458 e. The van der Waals surface area contributed by atoms with E-state index in [1.165, 1.54) is 14.1 Å². The topological polar surface area (TPSA) is 66.1 Å². The maximum absolute atomic E-state index is 12.9. The van der Waals surface area contributed by atoms with E-state index in [0.717, 1.165) is 12.0 Å². The van der Waals surface area contributed by atoms with Crippen LogP contribution in [0.2, 0.25) is 0 Å². The van der Waals surface area contributed by atoms with Crippen LogP contribution in [0.3, 0.4) is 0 Å². The molecule has 3 rings (SSSR count). The molecule has 1 aromatic carbocycles. The van der Waals surface area contributed by atoms with Crippen LogP contribution in [0, 0.1) is 0 Å². The summed E-state index contributed by atoms with van der Waals surface area (Å²) in [4.78, 5) is 26.6. The molecule has 140 valence electrons. The molecule has 0 amide bonds. The van der Waals surface area contributed by atoms with E-state index in [1.807, 2.05) is 51.3 Å². The van der Waals surface area contributed by atoms with Crippen LogP contribution >= 0.6 is 11.8 Å². The van der Waals surface area contributed by atoms with E-state index < -0.39 is 11.6 Å². The zero-order chi connectivity index (χ0) is 18.9. The van der Waals surface area contributed by atoms with E-state index in [-0.39, 0.29) is 11.7 Å². The third-order valence-electron chi connectivity index (χ3n) is 4.30. The van der Waals surface area contributed by atoms with Gasteiger partial charge in [0.25, 0.3) is 0 Å². The summed E-state index contributed by atoms with van der Waals surface area (Å²) in [6.07, 6.45) is 4.16. The van der Waals surface area contributed by atoms with Crippen LogP contribution in [0.25, 0.3) is 0 Å². The summed E-state index contributed by atoms with van der Waals surface area (Å²) in [5.74, 6) is 0.308. The van der Waals surface area contributed by atoms with Gasteiger partial charge in [-0.05, 0) is 57.6 Å². The highest BCUT2D eigenvalue weighted by Crippen LogP contribution is 2.25. The van der Waals surface area contributed by atoms with Crippen LogP contribution in [0.1, 0.15) is 51.0 Å². The third-order valence-corrected chi connectivity index (χ3v) is 5.04. The van der Waals surface area contributed by atoms with Gasteiger partial charge in [-0.1, -0.05) is 12.1 Å². The highest BCUT2D eigenvalue weighted by Gasteiger charge is 2.33. The summed E-state index contributed by atoms with van der Waals surface area (Å²) in [7, 11) is 0. The highest BCUT2D eigenvalue weighted by molar-refractivity contribution is 7.98. The Bertz CT molecular complexity index is 846. The monoisotopic (exact) mass is 375 g/mol. The minimum absolute atomic E-state index is 0.246. The second-order valence-electron chi connectivity index (χ2n) is 7.52. The zero-order valence-corrected chi connectivity index (χ0v) is 16.5. The molecule has 0 aliphatic carbocycles. The summed E-state index contributed by atoms with van der Waals surface area (Å²) in [5, 5.41) is 4.47. The van der Waals surface area contributed by atoms with Crippen molar-refractivity contribution < 1.29 is 9.53 Å². The number of hydrogen-bond donors (Lipinski definition) is 0. The molecule has 0 radical (unpaired) electrons. The number of aromatic nitrogens is 3. The Hall–Kier alpha value is -2.02. The number of carbonyl (C=O) groups excluding carboxylic acids is 1. The first-order valence-corrected chi connectivity index (χ1v) is 10.0. The number of ether oxygens (including phenoxy) is 1. The van der Waals surface area contributed by atoms with Crippen LogP contribution in [-0.4, -0.2) is 32.2 Å². The zero-order valence-electron chi connectivity index (χ0n) is 15.7. The van der Waals surface area contributed by atoms with E-state index in [1.54, 1.807) is 11.8 Å². The lowest BCUT2D eigenvalue weighted by atomic mass is 10.0. The normalized spacial score (nSPS) is 17.0. The average molecular weight is 375 g/mol. The Morgan fingerprint density at radius 3 is 2.62 bits per heavy atom. The van der Waals surface area contributed by atoms with Crippen molar-refractivity contribution in [2.75, 3.05) is 6.26 Å². The maximum Gasteiger partial charge on any atom is 0.347 e. The number of benzene rings is 1. The molecule has 7 heteroatoms. The Morgan fingerprint density at radius 2 is 2.00 bits per heavy atom. The summed E-state index contributed by atoms with van der Waals surface area (Å²) >= 11 is 1.68. The molecule has 1 aromatic heterocycles. The quantitative estimate of drug-likeness (QED) is 0.607. The van der Waals surface area contributed by atoms with Gasteiger partial charge in [-0.25, -0.2) is 14.3 Å². The summed E-state index contributed by atoms with van der Waals surface area (Å²) in [6.45, 7) is 5.89. The number of thioether (sulfide) groups is 1. The van der Waals surface area contributed by atoms with Crippen LogP contribution in [0.15, 0.2) is 34.0 Å². The Kier molecular flexibility index (Phi) is 5.27. The third kappa shape index (κ3) is 4.03. The minimum atomic E-state index is -0.585. The highest BCUT2D eigenvalue weighted by atomic mass is 32.2. The molecule has 0 spiro atoms. The van der Waals surface area contributed by atoms with Crippen LogP contribution in [0.4, 0.5) is 0 Å². The summed E-state index contributed by atoms with van der Waals surface area (Å²) in [5.41, 5.74) is 0.187. The molecule has 1 atom stereocenters. The Morgan fingerprint density at radius 1 is 1.31 bits per heavy atom. The predicted octanol–water partition coefficient (Wildman–Crippen LogP) is 3.03. The van der Waals surface area contributed by atoms with Crippen molar-refractivity contribution in [1.29, 1.82) is 0 Å². The molecule has 1 aliphatic rings. The van der Waals surface area contributed by atoms with Gasteiger partial charge in [-0.15, -0.1) is 11.8 Å². The molecule has 2 aromatic rings. The molecular formula is C19H25N3O3S. The fourth-order valence-corrected chi connectivity index (χ4v) is 3.54. The van der Waals surface area contributed by atoms with Crippen molar-refractivity contribution >= 4 is 17.7 Å². The fourth-order valence-electron chi connectivity index (χ4n) is 3.13. The number of esters is 1. The molecule has 0 saturated heterocycles. The lowest BCUT2D eigenvalue weighted by molar-refractivity contribution is -0.159. The van der Waals surface area contributed by atoms with Gasteiger partial charge >= 0.3 is 11.7 Å². The number of carbonyl (C=O) groups is 1. The Labute approximate surface area is 157 Å². The first kappa shape index (κ1) is 18.8. The van der Waals surface area contributed by atoms with E-state index >= 15 is 0 Å². The lowest BCUT2D eigenvalue weighted by Crippen LogP contribution is -2.38. The number of fused-ring (bicyclic) bond motifs is 1. The van der Waals surface area contributed by atoms with Crippen molar-refractivity contribution in [1.82, 2.24) is 14.3 Å². The molecule has 1 unspecified atom stereocenters. The fraction of sp³-hybridized carbons (Fsp3) is 0.526. The number of nitrogens with zero attached hydrogens (tertiary/aromatic N) is 3. The lowest BCUT2D eigenvalue weighted by Gasteiger charge is -2.26. The molecule has 0 N–H and O–H groups in total. The van der Waals surface area contributed by atoms with Crippen molar-refractivity contribution in [3.8, 4) is 0 Å². The van der Waals surface area contributed by atoms with Gasteiger partial charge in [0.15, 0.2) is 0 Å². The van der Waals surface area contributed by atoms with Crippen molar-refractivity contribution in [2.24, 2.45) is 0 Å². The van der Waals surface area contributed by atoms with Crippen LogP contribution in [0.5, 0.6) is 0 Å². The molecule has 2 heterocycles. The smallest absolute Gasteiger partial charge is 0.347 e. The van der Waals surface area contributed by atoms with Crippen LogP contribution in [-0.2, 0) is 22.5 Å². The molecule has 6 nitrogen and oxygen atoms in total. The first-order chi connectivity index (χ1) is 12.3. The number of aryl methyl sites for hydroxylation is 1. The van der Waals surface area contributed by atoms with E-state index in [2.05, 4.69) is 5.10 Å². The van der Waals surface area contributed by atoms with Crippen molar-refractivity contribution in [3.05, 3.63) is 46.1 Å². The van der Waals surface area contributed by atoms with Gasteiger partial charge in [0.1, 0.15) is 17.5 Å². The van der Waals surface area contributed by atoms with Gasteiger partial charge in [0.2, 0.25) is 0 Å².